The molecular formula is C124H105BN2. The molecule has 0 radical (unpaired) electrons. The second kappa shape index (κ2) is 29.4. The Morgan fingerprint density at radius 3 is 0.756 bits per heavy atom. The molecule has 0 bridgehead atoms. The lowest BCUT2D eigenvalue weighted by molar-refractivity contribution is 0.590. The van der Waals surface area contributed by atoms with Crippen LogP contribution in [0.1, 0.15) is 132 Å². The third-order valence-corrected chi connectivity index (χ3v) is 27.8. The van der Waals surface area contributed by atoms with Crippen molar-refractivity contribution in [2.75, 3.05) is 9.80 Å². The summed E-state index contributed by atoms with van der Waals surface area (Å²) >= 11 is 0. The van der Waals surface area contributed by atoms with Crippen LogP contribution < -0.4 is 26.2 Å². The summed E-state index contributed by atoms with van der Waals surface area (Å²) in [4.78, 5) is 5.54. The Morgan fingerprint density at radius 1 is 0.181 bits per heavy atom. The van der Waals surface area contributed by atoms with E-state index in [1.54, 1.807) is 0 Å². The number of fused-ring (bicyclic) bond motifs is 4. The summed E-state index contributed by atoms with van der Waals surface area (Å²) in [5, 5.41) is 15.4. The first-order valence-electron chi connectivity index (χ1n) is 45.5. The van der Waals surface area contributed by atoms with Gasteiger partial charge in [-0.1, -0.05) is 395 Å². The largest absolute Gasteiger partial charge is 0.310 e. The lowest BCUT2D eigenvalue weighted by Gasteiger charge is -2.46. The van der Waals surface area contributed by atoms with Gasteiger partial charge in [0.25, 0.3) is 6.71 Å². The molecule has 20 aromatic rings. The highest BCUT2D eigenvalue weighted by atomic mass is 15.2. The maximum atomic E-state index is 2.77. The summed E-state index contributed by atoms with van der Waals surface area (Å²) in [6, 6.07) is 142. The Hall–Kier alpha value is -13.9. The zero-order valence-electron chi connectivity index (χ0n) is 75.6. The summed E-state index contributed by atoms with van der Waals surface area (Å²) < 4.78 is 0. The minimum Gasteiger partial charge on any atom is -0.310 e. The molecule has 0 N–H and O–H groups in total. The predicted octanol–water partition coefficient (Wildman–Crippen LogP) is 33.1. The van der Waals surface area contributed by atoms with Crippen molar-refractivity contribution in [2.45, 2.75) is 131 Å². The standard InChI is InChI=1S/C124H105BN2/c1-120(2,3)94-54-50-78(51-55-94)91-72-111-117-112(73-91)127(119-103(81-42-30-20-31-43-81)66-90(77-36-24-17-25-37-77)67-104(119)82-44-32-21-33-45-82)110-71-84(100-69-93-63-96(122(7,8)9)59-86-47-49-88-61-98(124(13,14)15)75-106(100)116(88)114(86)93)53-57-108(110)125(117)107-56-52-83(99-68-92-62-95(121(4,5)6)58-85-46-48-87-60-97(123(10,11)12)74-105(99)115(87)113(85)92)70-109(107)126(111)118-101(79-38-26-18-27-39-79)64-89(76-34-22-16-23-35-76)65-102(118)80-40-28-19-29-41-80/h16-75H,1-15H3. The van der Waals surface area contributed by atoms with Crippen molar-refractivity contribution < 1.29 is 0 Å². The van der Waals surface area contributed by atoms with E-state index in [1.165, 1.54) is 120 Å². The molecule has 0 unspecified atom stereocenters. The van der Waals surface area contributed by atoms with Crippen LogP contribution in [0.3, 0.4) is 0 Å². The Labute approximate surface area is 749 Å². The SMILES string of the molecule is CC(C)(C)c1ccc(-c2cc3c4c(c2)N(c2c(-c5ccccc5)cc(-c5ccccc5)cc2-c2ccccc2)c2cc(-c5cc6cc(C(C)(C)C)cc7ccc8cc(C(C)(C)C)cc5c8c76)ccc2B4c2ccc(-c4cc5cc(C(C)(C)C)cc6ccc7cc(C(C)(C)C)cc4c7c65)cc2N3c2c(-c3ccccc3)cc(-c3ccccc3)cc2-c2ccccc2)cc1. The van der Waals surface area contributed by atoms with E-state index in [1.807, 2.05) is 0 Å². The Morgan fingerprint density at radius 2 is 0.441 bits per heavy atom. The van der Waals surface area contributed by atoms with Crippen molar-refractivity contribution >= 4 is 122 Å². The minimum absolute atomic E-state index is 0.0978. The lowest BCUT2D eigenvalue weighted by atomic mass is 9.33. The average Bonchev–Trinajstić information content (AvgIpc) is 0.682. The highest BCUT2D eigenvalue weighted by molar-refractivity contribution is 7.00. The third kappa shape index (κ3) is 13.4. The quantitative estimate of drug-likeness (QED) is 0.0941. The van der Waals surface area contributed by atoms with Crippen LogP contribution in [0.25, 0.3) is 165 Å². The molecule has 0 atom stereocenters. The summed E-state index contributed by atoms with van der Waals surface area (Å²) in [5.74, 6) is 0. The first-order chi connectivity index (χ1) is 61.1. The highest BCUT2D eigenvalue weighted by Gasteiger charge is 2.47. The zero-order chi connectivity index (χ0) is 87.1. The van der Waals surface area contributed by atoms with Gasteiger partial charge in [0.05, 0.1) is 11.4 Å². The number of hydrogen-bond donors (Lipinski definition) is 0. The van der Waals surface area contributed by atoms with E-state index < -0.39 is 0 Å². The third-order valence-electron chi connectivity index (χ3n) is 27.8. The van der Waals surface area contributed by atoms with Crippen molar-refractivity contribution in [1.29, 1.82) is 0 Å². The van der Waals surface area contributed by atoms with Gasteiger partial charge in [-0.15, -0.1) is 0 Å². The smallest absolute Gasteiger partial charge is 0.252 e. The summed E-state index contributed by atoms with van der Waals surface area (Å²) in [6.45, 7) is 35.1. The van der Waals surface area contributed by atoms with Crippen molar-refractivity contribution in [3.8, 4) is 100 Å². The van der Waals surface area contributed by atoms with Gasteiger partial charge in [-0.3, -0.25) is 0 Å². The van der Waals surface area contributed by atoms with Gasteiger partial charge in [-0.25, -0.2) is 0 Å². The van der Waals surface area contributed by atoms with Gasteiger partial charge in [0.2, 0.25) is 0 Å². The Balaban J connectivity index is 0.939. The van der Waals surface area contributed by atoms with Crippen LogP contribution in [0, 0.1) is 0 Å². The molecule has 3 heteroatoms. The maximum Gasteiger partial charge on any atom is 0.252 e. The van der Waals surface area contributed by atoms with Gasteiger partial charge < -0.3 is 9.80 Å². The Bertz CT molecular complexity index is 7210. The molecule has 20 aromatic carbocycles. The molecule has 614 valence electrons. The van der Waals surface area contributed by atoms with E-state index in [-0.39, 0.29) is 33.8 Å². The summed E-state index contributed by atoms with van der Waals surface area (Å²) in [5.41, 5.74) is 36.9. The topological polar surface area (TPSA) is 6.48 Å². The van der Waals surface area contributed by atoms with Crippen molar-refractivity contribution in [3.63, 3.8) is 0 Å². The second-order valence-corrected chi connectivity index (χ2v) is 41.3. The van der Waals surface area contributed by atoms with E-state index >= 15 is 0 Å². The number of hydrogen-bond acceptors (Lipinski definition) is 2. The second-order valence-electron chi connectivity index (χ2n) is 41.3. The average molecular weight is 1630 g/mol. The molecule has 2 aliphatic rings. The molecule has 0 aliphatic carbocycles. The molecule has 0 saturated carbocycles. The van der Waals surface area contributed by atoms with E-state index in [4.69, 9.17) is 0 Å². The maximum absolute atomic E-state index is 2.77. The molecule has 22 rings (SSSR count). The molecule has 2 nitrogen and oxygen atoms in total. The lowest BCUT2D eigenvalue weighted by Crippen LogP contribution is -2.61. The van der Waals surface area contributed by atoms with Crippen LogP contribution in [0.2, 0.25) is 0 Å². The number of rotatable bonds is 11. The van der Waals surface area contributed by atoms with Crippen LogP contribution in [0.5, 0.6) is 0 Å². The fourth-order valence-corrected chi connectivity index (χ4v) is 20.9. The molecule has 0 amide bonds. The van der Waals surface area contributed by atoms with Crippen LogP contribution in [0.4, 0.5) is 34.1 Å². The number of anilines is 6. The van der Waals surface area contributed by atoms with Crippen LogP contribution in [-0.4, -0.2) is 6.71 Å². The van der Waals surface area contributed by atoms with Gasteiger partial charge in [0.15, 0.2) is 0 Å². The molecule has 0 fully saturated rings. The molecule has 127 heavy (non-hydrogen) atoms. The van der Waals surface area contributed by atoms with E-state index in [2.05, 4.69) is 478 Å². The van der Waals surface area contributed by atoms with Gasteiger partial charge in [-0.05, 0) is 287 Å². The highest BCUT2D eigenvalue weighted by Crippen LogP contribution is 2.58. The van der Waals surface area contributed by atoms with Crippen LogP contribution in [0.15, 0.2) is 364 Å². The summed E-state index contributed by atoms with van der Waals surface area (Å²) in [6.07, 6.45) is 0. The molecule has 0 saturated heterocycles. The fourth-order valence-electron chi connectivity index (χ4n) is 20.9. The van der Waals surface area contributed by atoms with E-state index in [0.29, 0.717) is 0 Å². The van der Waals surface area contributed by atoms with Crippen molar-refractivity contribution in [2.24, 2.45) is 0 Å². The number of nitrogens with zero attached hydrogens (tertiary/aromatic N) is 2. The Kier molecular flexibility index (Phi) is 18.3. The first kappa shape index (κ1) is 79.1. The van der Waals surface area contributed by atoms with E-state index in [0.717, 1.165) is 123 Å². The monoisotopic (exact) mass is 1630 g/mol. The van der Waals surface area contributed by atoms with Crippen molar-refractivity contribution in [3.05, 3.63) is 392 Å². The number of benzene rings is 20. The first-order valence-corrected chi connectivity index (χ1v) is 45.5. The van der Waals surface area contributed by atoms with Gasteiger partial charge >= 0.3 is 0 Å². The van der Waals surface area contributed by atoms with Crippen molar-refractivity contribution in [1.82, 2.24) is 0 Å². The molecule has 2 aliphatic heterocycles. The van der Waals surface area contributed by atoms with Crippen LogP contribution >= 0.6 is 0 Å². The molecule has 0 spiro atoms. The van der Waals surface area contributed by atoms with E-state index in [9.17, 15) is 0 Å². The van der Waals surface area contributed by atoms with Crippen LogP contribution in [-0.2, 0) is 27.1 Å². The minimum atomic E-state index is -0.323. The predicted molar refractivity (Wildman–Crippen MR) is 550 cm³/mol. The van der Waals surface area contributed by atoms with Gasteiger partial charge in [0.1, 0.15) is 0 Å². The van der Waals surface area contributed by atoms with Gasteiger partial charge in [-0.2, -0.15) is 0 Å². The zero-order valence-corrected chi connectivity index (χ0v) is 75.6. The van der Waals surface area contributed by atoms with Gasteiger partial charge in [0, 0.05) is 45.0 Å². The molecule has 2 heterocycles. The fraction of sp³-hybridized carbons (Fsp3) is 0.161. The molecular weight excluding hydrogens is 1530 g/mol. The summed E-state index contributed by atoms with van der Waals surface area (Å²) in [7, 11) is 0. The molecule has 0 aromatic heterocycles. The normalized spacial score (nSPS) is 13.1.